The molecule has 4 fully saturated rings. The minimum absolute atomic E-state index is 0.190. The van der Waals surface area contributed by atoms with E-state index < -0.39 is 6.10 Å². The highest BCUT2D eigenvalue weighted by Crippen LogP contribution is 2.65. The van der Waals surface area contributed by atoms with Gasteiger partial charge in [-0.25, -0.2) is 0 Å². The Kier molecular flexibility index (Phi) is 3.10. The van der Waals surface area contributed by atoms with E-state index in [0.29, 0.717) is 23.7 Å². The molecule has 2 nitrogen and oxygen atoms in total. The van der Waals surface area contributed by atoms with E-state index in [1.807, 2.05) is 0 Å². The third kappa shape index (κ3) is 1.77. The van der Waals surface area contributed by atoms with Crippen molar-refractivity contribution in [3.63, 3.8) is 0 Å². The zero-order valence-corrected chi connectivity index (χ0v) is 13.6. The fraction of sp³-hybridized carbons (Fsp3) is 0.947. The van der Waals surface area contributed by atoms with Crippen molar-refractivity contribution in [3.05, 3.63) is 0 Å². The molecule has 0 saturated heterocycles. The average Bonchev–Trinajstić information content (AvgIpc) is 2.86. The number of aliphatic hydroxyl groups is 1. The van der Waals surface area contributed by atoms with Gasteiger partial charge in [0.1, 0.15) is 6.10 Å². The highest BCUT2D eigenvalue weighted by atomic mass is 16.3. The van der Waals surface area contributed by atoms with E-state index in [1.165, 1.54) is 44.9 Å². The molecule has 0 aliphatic heterocycles. The molecule has 0 spiro atoms. The number of fused-ring (bicyclic) bond motifs is 5. The summed E-state index contributed by atoms with van der Waals surface area (Å²) in [4.78, 5) is 12.9. The van der Waals surface area contributed by atoms with Gasteiger partial charge in [0, 0.05) is 5.41 Å². The van der Waals surface area contributed by atoms with Crippen LogP contribution in [0, 0.1) is 34.5 Å². The number of carbonyl (C=O) groups is 1. The van der Waals surface area contributed by atoms with E-state index in [2.05, 4.69) is 13.8 Å². The van der Waals surface area contributed by atoms with Crippen molar-refractivity contribution < 1.29 is 9.90 Å². The molecule has 0 amide bonds. The smallest absolute Gasteiger partial charge is 0.167 e. The molecule has 0 heterocycles. The molecule has 4 saturated carbocycles. The first-order valence-electron chi connectivity index (χ1n) is 9.19. The number of Topliss-reactive ketones (excluding diaryl/α,β-unsaturated/α-hetero) is 1. The molecule has 4 aliphatic carbocycles. The lowest BCUT2D eigenvalue weighted by Crippen LogP contribution is -2.58. The van der Waals surface area contributed by atoms with Gasteiger partial charge in [-0.05, 0) is 80.5 Å². The SMILES string of the molecule is C[C@@]12CCC[C@H]1[C@@H]1CCC3CCC(O)C(=O)[C@]3(C)[C@H]1CC2. The van der Waals surface area contributed by atoms with Crippen LogP contribution in [0.1, 0.15) is 71.6 Å². The Balaban J connectivity index is 1.69. The summed E-state index contributed by atoms with van der Waals surface area (Å²) < 4.78 is 0. The van der Waals surface area contributed by atoms with Gasteiger partial charge in [-0.2, -0.15) is 0 Å². The molecule has 7 atom stereocenters. The van der Waals surface area contributed by atoms with Gasteiger partial charge in [0.15, 0.2) is 5.78 Å². The van der Waals surface area contributed by atoms with E-state index in [9.17, 15) is 9.90 Å². The van der Waals surface area contributed by atoms with Gasteiger partial charge >= 0.3 is 0 Å². The lowest BCUT2D eigenvalue weighted by atomic mass is 9.45. The predicted molar refractivity (Wildman–Crippen MR) is 82.7 cm³/mol. The molecule has 0 aromatic rings. The molecule has 4 aliphatic rings. The van der Waals surface area contributed by atoms with Gasteiger partial charge in [0.05, 0.1) is 0 Å². The Morgan fingerprint density at radius 2 is 1.71 bits per heavy atom. The summed E-state index contributed by atoms with van der Waals surface area (Å²) in [7, 11) is 0. The van der Waals surface area contributed by atoms with Crippen LogP contribution in [0.4, 0.5) is 0 Å². The number of rotatable bonds is 0. The molecule has 21 heavy (non-hydrogen) atoms. The molecular weight excluding hydrogens is 260 g/mol. The lowest BCUT2D eigenvalue weighted by molar-refractivity contribution is -0.165. The Labute approximate surface area is 128 Å². The number of aliphatic hydroxyl groups excluding tert-OH is 1. The molecule has 0 aromatic carbocycles. The summed E-state index contributed by atoms with van der Waals surface area (Å²) in [5.74, 6) is 2.88. The standard InChI is InChI=1S/C19H30O2/c1-18-10-3-4-14(18)13-7-5-12-6-8-16(20)17(21)19(12,2)15(13)9-11-18/h12-16,20H,3-11H2,1-2H3/t12?,13-,14-,15-,16?,18-,19-/m0/s1. The number of hydrogen-bond donors (Lipinski definition) is 1. The summed E-state index contributed by atoms with van der Waals surface area (Å²) in [6, 6.07) is 0. The van der Waals surface area contributed by atoms with Gasteiger partial charge < -0.3 is 5.11 Å². The summed E-state index contributed by atoms with van der Waals surface area (Å²) in [6.45, 7) is 4.73. The minimum Gasteiger partial charge on any atom is -0.385 e. The van der Waals surface area contributed by atoms with Gasteiger partial charge in [0.25, 0.3) is 0 Å². The van der Waals surface area contributed by atoms with Crippen LogP contribution in [0.15, 0.2) is 0 Å². The summed E-state index contributed by atoms with van der Waals surface area (Å²) in [5, 5.41) is 10.2. The number of carbonyl (C=O) groups excluding carboxylic acids is 1. The van der Waals surface area contributed by atoms with E-state index in [-0.39, 0.29) is 11.2 Å². The second-order valence-corrected chi connectivity index (χ2v) is 8.98. The Morgan fingerprint density at radius 3 is 2.52 bits per heavy atom. The lowest BCUT2D eigenvalue weighted by Gasteiger charge is -2.59. The van der Waals surface area contributed by atoms with Crippen LogP contribution in [0.3, 0.4) is 0 Å². The van der Waals surface area contributed by atoms with E-state index in [4.69, 9.17) is 0 Å². The van der Waals surface area contributed by atoms with Gasteiger partial charge in [-0.3, -0.25) is 4.79 Å². The first kappa shape index (κ1) is 14.2. The largest absolute Gasteiger partial charge is 0.385 e. The quantitative estimate of drug-likeness (QED) is 0.733. The van der Waals surface area contributed by atoms with E-state index in [0.717, 1.165) is 18.3 Å². The van der Waals surface area contributed by atoms with Crippen molar-refractivity contribution >= 4 is 5.78 Å². The Bertz CT molecular complexity index is 458. The Morgan fingerprint density at radius 1 is 0.952 bits per heavy atom. The third-order valence-electron chi connectivity index (χ3n) is 8.31. The van der Waals surface area contributed by atoms with E-state index in [1.54, 1.807) is 0 Å². The second kappa shape index (κ2) is 4.57. The Hall–Kier alpha value is -0.370. The molecule has 0 bridgehead atoms. The van der Waals surface area contributed by atoms with Crippen LogP contribution in [-0.2, 0) is 4.79 Å². The molecule has 1 N–H and O–H groups in total. The van der Waals surface area contributed by atoms with Gasteiger partial charge in [-0.15, -0.1) is 0 Å². The zero-order chi connectivity index (χ0) is 14.8. The molecular formula is C19H30O2. The fourth-order valence-corrected chi connectivity index (χ4v) is 7.10. The van der Waals surface area contributed by atoms with Crippen LogP contribution in [-0.4, -0.2) is 17.0 Å². The summed E-state index contributed by atoms with van der Waals surface area (Å²) in [5.41, 5.74) is 0.338. The summed E-state index contributed by atoms with van der Waals surface area (Å²) in [6.07, 6.45) is 10.4. The molecule has 4 rings (SSSR count). The maximum Gasteiger partial charge on any atom is 0.167 e. The van der Waals surface area contributed by atoms with Crippen molar-refractivity contribution in [1.29, 1.82) is 0 Å². The van der Waals surface area contributed by atoms with Crippen molar-refractivity contribution in [1.82, 2.24) is 0 Å². The average molecular weight is 290 g/mol. The van der Waals surface area contributed by atoms with Crippen LogP contribution < -0.4 is 0 Å². The van der Waals surface area contributed by atoms with Crippen molar-refractivity contribution in [2.45, 2.75) is 77.7 Å². The van der Waals surface area contributed by atoms with Crippen LogP contribution >= 0.6 is 0 Å². The van der Waals surface area contributed by atoms with Crippen LogP contribution in [0.2, 0.25) is 0 Å². The second-order valence-electron chi connectivity index (χ2n) is 8.98. The topological polar surface area (TPSA) is 37.3 Å². The van der Waals surface area contributed by atoms with Gasteiger partial charge in [-0.1, -0.05) is 20.3 Å². The molecule has 0 radical (unpaired) electrons. The zero-order valence-electron chi connectivity index (χ0n) is 13.6. The number of hydrogen-bond acceptors (Lipinski definition) is 2. The monoisotopic (exact) mass is 290 g/mol. The first-order chi connectivity index (χ1) is 9.97. The number of ketones is 1. The van der Waals surface area contributed by atoms with Crippen molar-refractivity contribution in [3.8, 4) is 0 Å². The highest BCUT2D eigenvalue weighted by Gasteiger charge is 2.61. The normalized spacial score (nSPS) is 56.5. The maximum absolute atomic E-state index is 12.9. The van der Waals surface area contributed by atoms with Crippen LogP contribution in [0.5, 0.6) is 0 Å². The maximum atomic E-state index is 12.9. The molecule has 2 unspecified atom stereocenters. The predicted octanol–water partition coefficient (Wildman–Crippen LogP) is 3.96. The van der Waals surface area contributed by atoms with Gasteiger partial charge in [0.2, 0.25) is 0 Å². The third-order valence-corrected chi connectivity index (χ3v) is 8.31. The summed E-state index contributed by atoms with van der Waals surface area (Å²) >= 11 is 0. The molecule has 2 heteroatoms. The van der Waals surface area contributed by atoms with Crippen molar-refractivity contribution in [2.75, 3.05) is 0 Å². The first-order valence-corrected chi connectivity index (χ1v) is 9.19. The molecule has 118 valence electrons. The minimum atomic E-state index is -0.679. The van der Waals surface area contributed by atoms with E-state index >= 15 is 0 Å². The van der Waals surface area contributed by atoms with Crippen LogP contribution in [0.25, 0.3) is 0 Å². The fourth-order valence-electron chi connectivity index (χ4n) is 7.10. The molecule has 0 aromatic heterocycles. The highest BCUT2D eigenvalue weighted by molar-refractivity contribution is 5.90. The van der Waals surface area contributed by atoms with Crippen molar-refractivity contribution in [2.24, 2.45) is 34.5 Å².